The topological polar surface area (TPSA) is 57.6 Å². The van der Waals surface area contributed by atoms with Gasteiger partial charge in [-0.2, -0.15) is 0 Å². The van der Waals surface area contributed by atoms with Gasteiger partial charge < -0.3 is 10.0 Å². The highest BCUT2D eigenvalue weighted by atomic mass is 32.2. The number of carboxylic acid groups (broad SMARTS) is 1. The standard InChI is InChI=1S/C18H17NO3S/c1-23-14-8-6-12(7-9-14)16(10-17(20)21)19-11-13-4-2-3-5-15(13)18(19)22/h2-9,16H,10-11H2,1H3,(H,20,21)/t16-/m0/s1. The Morgan fingerprint density at radius 1 is 1.22 bits per heavy atom. The van der Waals surface area contributed by atoms with Crippen LogP contribution in [0.4, 0.5) is 0 Å². The van der Waals surface area contributed by atoms with Crippen molar-refractivity contribution in [3.05, 3.63) is 65.2 Å². The van der Waals surface area contributed by atoms with Gasteiger partial charge in [-0.15, -0.1) is 11.8 Å². The molecule has 0 saturated heterocycles. The summed E-state index contributed by atoms with van der Waals surface area (Å²) >= 11 is 1.63. The molecule has 0 aromatic heterocycles. The van der Waals surface area contributed by atoms with Crippen LogP contribution in [0.5, 0.6) is 0 Å². The Morgan fingerprint density at radius 2 is 1.91 bits per heavy atom. The third-order valence-corrected chi connectivity index (χ3v) is 4.84. The number of rotatable bonds is 5. The monoisotopic (exact) mass is 327 g/mol. The van der Waals surface area contributed by atoms with Gasteiger partial charge in [0.1, 0.15) is 0 Å². The molecule has 4 nitrogen and oxygen atoms in total. The summed E-state index contributed by atoms with van der Waals surface area (Å²) < 4.78 is 0. The predicted molar refractivity (Wildman–Crippen MR) is 89.5 cm³/mol. The fraction of sp³-hybridized carbons (Fsp3) is 0.222. The van der Waals surface area contributed by atoms with Gasteiger partial charge in [0.15, 0.2) is 0 Å². The van der Waals surface area contributed by atoms with Crippen LogP contribution >= 0.6 is 11.8 Å². The number of carboxylic acids is 1. The van der Waals surface area contributed by atoms with E-state index in [4.69, 9.17) is 0 Å². The highest BCUT2D eigenvalue weighted by Crippen LogP contribution is 2.34. The summed E-state index contributed by atoms with van der Waals surface area (Å²) in [6.07, 6.45) is 1.89. The highest BCUT2D eigenvalue weighted by Gasteiger charge is 2.34. The molecule has 1 atom stereocenters. The first-order valence-corrected chi connectivity index (χ1v) is 8.57. The molecule has 23 heavy (non-hydrogen) atoms. The summed E-state index contributed by atoms with van der Waals surface area (Å²) in [5.41, 5.74) is 2.48. The summed E-state index contributed by atoms with van der Waals surface area (Å²) in [4.78, 5) is 26.7. The summed E-state index contributed by atoms with van der Waals surface area (Å²) in [6, 6.07) is 14.7. The molecule has 0 spiro atoms. The number of hydrogen-bond acceptors (Lipinski definition) is 3. The first-order chi connectivity index (χ1) is 11.1. The number of thioether (sulfide) groups is 1. The average molecular weight is 327 g/mol. The van der Waals surface area contributed by atoms with Crippen molar-refractivity contribution < 1.29 is 14.7 Å². The van der Waals surface area contributed by atoms with E-state index in [1.165, 1.54) is 0 Å². The van der Waals surface area contributed by atoms with Crippen molar-refractivity contribution in [2.75, 3.05) is 6.26 Å². The molecule has 0 aliphatic carbocycles. The lowest BCUT2D eigenvalue weighted by atomic mass is 10.0. The largest absolute Gasteiger partial charge is 0.481 e. The minimum atomic E-state index is -0.910. The van der Waals surface area contributed by atoms with Crippen molar-refractivity contribution in [3.8, 4) is 0 Å². The molecule has 0 fully saturated rings. The van der Waals surface area contributed by atoms with Gasteiger partial charge in [-0.05, 0) is 35.6 Å². The van der Waals surface area contributed by atoms with Gasteiger partial charge in [0.05, 0.1) is 12.5 Å². The Hall–Kier alpha value is -2.27. The molecule has 2 aromatic rings. The lowest BCUT2D eigenvalue weighted by Gasteiger charge is -2.27. The smallest absolute Gasteiger partial charge is 0.305 e. The molecule has 2 aromatic carbocycles. The average Bonchev–Trinajstić information content (AvgIpc) is 2.90. The van der Waals surface area contributed by atoms with E-state index in [-0.39, 0.29) is 12.3 Å². The fourth-order valence-electron chi connectivity index (χ4n) is 2.93. The van der Waals surface area contributed by atoms with Crippen LogP contribution in [0.2, 0.25) is 0 Å². The number of carbonyl (C=O) groups is 2. The van der Waals surface area contributed by atoms with E-state index in [2.05, 4.69) is 0 Å². The van der Waals surface area contributed by atoms with Gasteiger partial charge in [0, 0.05) is 17.0 Å². The number of carbonyl (C=O) groups excluding carboxylic acids is 1. The van der Waals surface area contributed by atoms with E-state index in [0.29, 0.717) is 12.1 Å². The maximum absolute atomic E-state index is 12.6. The van der Waals surface area contributed by atoms with Gasteiger partial charge in [-0.3, -0.25) is 9.59 Å². The molecule has 0 radical (unpaired) electrons. The van der Waals surface area contributed by atoms with Gasteiger partial charge in [-0.1, -0.05) is 30.3 Å². The maximum atomic E-state index is 12.6. The van der Waals surface area contributed by atoms with E-state index in [1.54, 1.807) is 22.7 Å². The van der Waals surface area contributed by atoms with Crippen LogP contribution in [-0.4, -0.2) is 28.1 Å². The Morgan fingerprint density at radius 3 is 2.52 bits per heavy atom. The van der Waals surface area contributed by atoms with Crippen LogP contribution in [0.3, 0.4) is 0 Å². The van der Waals surface area contributed by atoms with E-state index in [1.807, 2.05) is 48.7 Å². The molecule has 0 unspecified atom stereocenters. The molecule has 3 rings (SSSR count). The zero-order valence-electron chi connectivity index (χ0n) is 12.7. The predicted octanol–water partition coefficient (Wildman–Crippen LogP) is 3.58. The van der Waals surface area contributed by atoms with Crippen LogP contribution in [0.1, 0.15) is 33.9 Å². The van der Waals surface area contributed by atoms with Gasteiger partial charge in [0.2, 0.25) is 0 Å². The Kier molecular flexibility index (Phi) is 4.39. The first kappa shape index (κ1) is 15.6. The van der Waals surface area contributed by atoms with Gasteiger partial charge >= 0.3 is 5.97 Å². The molecule has 1 heterocycles. The second kappa shape index (κ2) is 6.46. The van der Waals surface area contributed by atoms with Crippen LogP contribution in [0.15, 0.2) is 53.4 Å². The lowest BCUT2D eigenvalue weighted by Crippen LogP contribution is -2.30. The van der Waals surface area contributed by atoms with E-state index < -0.39 is 12.0 Å². The summed E-state index contributed by atoms with van der Waals surface area (Å²) in [7, 11) is 0. The second-order valence-electron chi connectivity index (χ2n) is 5.48. The van der Waals surface area contributed by atoms with E-state index in [0.717, 1.165) is 16.0 Å². The molecule has 1 aliphatic rings. The number of benzene rings is 2. The molecule has 0 bridgehead atoms. The normalized spacial score (nSPS) is 14.7. The fourth-order valence-corrected chi connectivity index (χ4v) is 3.34. The van der Waals surface area contributed by atoms with Gasteiger partial charge in [-0.25, -0.2) is 0 Å². The first-order valence-electron chi connectivity index (χ1n) is 7.35. The zero-order chi connectivity index (χ0) is 16.4. The number of aliphatic carboxylic acids is 1. The summed E-state index contributed by atoms with van der Waals surface area (Å²) in [6.45, 7) is 0.456. The molecular formula is C18H17NO3S. The molecule has 5 heteroatoms. The molecule has 1 aliphatic heterocycles. The third-order valence-electron chi connectivity index (χ3n) is 4.09. The van der Waals surface area contributed by atoms with Crippen molar-refractivity contribution in [2.24, 2.45) is 0 Å². The van der Waals surface area contributed by atoms with Crippen LogP contribution in [-0.2, 0) is 11.3 Å². The Labute approximate surface area is 139 Å². The molecule has 0 saturated carbocycles. The number of hydrogen-bond donors (Lipinski definition) is 1. The molecular weight excluding hydrogens is 310 g/mol. The highest BCUT2D eigenvalue weighted by molar-refractivity contribution is 7.98. The van der Waals surface area contributed by atoms with Crippen molar-refractivity contribution in [1.29, 1.82) is 0 Å². The van der Waals surface area contributed by atoms with E-state index in [9.17, 15) is 14.7 Å². The molecule has 1 N–H and O–H groups in total. The lowest BCUT2D eigenvalue weighted by molar-refractivity contribution is -0.138. The van der Waals surface area contributed by atoms with Crippen LogP contribution < -0.4 is 0 Å². The van der Waals surface area contributed by atoms with Crippen LogP contribution in [0, 0.1) is 0 Å². The SMILES string of the molecule is CSc1ccc([C@H](CC(=O)O)N2Cc3ccccc3C2=O)cc1. The minimum Gasteiger partial charge on any atom is -0.481 e. The zero-order valence-corrected chi connectivity index (χ0v) is 13.5. The minimum absolute atomic E-state index is 0.0965. The van der Waals surface area contributed by atoms with Crippen molar-refractivity contribution in [2.45, 2.75) is 23.9 Å². The van der Waals surface area contributed by atoms with Crippen molar-refractivity contribution in [3.63, 3.8) is 0 Å². The quantitative estimate of drug-likeness (QED) is 0.853. The number of fused-ring (bicyclic) bond motifs is 1. The van der Waals surface area contributed by atoms with Crippen molar-refractivity contribution in [1.82, 2.24) is 4.90 Å². The maximum Gasteiger partial charge on any atom is 0.305 e. The molecule has 118 valence electrons. The number of nitrogens with zero attached hydrogens (tertiary/aromatic N) is 1. The second-order valence-corrected chi connectivity index (χ2v) is 6.36. The van der Waals surface area contributed by atoms with Gasteiger partial charge in [0.25, 0.3) is 5.91 Å². The Bertz CT molecular complexity index is 742. The Balaban J connectivity index is 1.94. The third kappa shape index (κ3) is 3.10. The van der Waals surface area contributed by atoms with Crippen LogP contribution in [0.25, 0.3) is 0 Å². The number of amides is 1. The molecule has 1 amide bonds. The van der Waals surface area contributed by atoms with Crippen molar-refractivity contribution >= 4 is 23.6 Å². The summed E-state index contributed by atoms with van der Waals surface area (Å²) in [5.74, 6) is -1.01. The summed E-state index contributed by atoms with van der Waals surface area (Å²) in [5, 5.41) is 9.27. The van der Waals surface area contributed by atoms with E-state index >= 15 is 0 Å².